The van der Waals surface area contributed by atoms with E-state index < -0.39 is 0 Å². The second-order valence-electron chi connectivity index (χ2n) is 10.7. The fraction of sp³-hybridized carbons (Fsp3) is 0.483. The number of nitrogen functional groups attached to an aromatic ring is 1. The van der Waals surface area contributed by atoms with Crippen LogP contribution < -0.4 is 20.1 Å². The van der Waals surface area contributed by atoms with Gasteiger partial charge in [-0.15, -0.1) is 0 Å². The Morgan fingerprint density at radius 2 is 1.56 bits per heavy atom. The topological polar surface area (TPSA) is 100 Å². The lowest BCUT2D eigenvalue weighted by atomic mass is 9.72. The summed E-state index contributed by atoms with van der Waals surface area (Å²) in [6.07, 6.45) is 1.71. The van der Waals surface area contributed by atoms with Gasteiger partial charge in [0, 0.05) is 69.7 Å². The van der Waals surface area contributed by atoms with E-state index in [0.717, 1.165) is 44.4 Å². The van der Waals surface area contributed by atoms with Crippen LogP contribution in [0.4, 0.5) is 16.6 Å². The van der Waals surface area contributed by atoms with Crippen LogP contribution in [0.3, 0.4) is 0 Å². The van der Waals surface area contributed by atoms with Gasteiger partial charge < -0.3 is 34.8 Å². The average molecular weight is 534 g/mol. The van der Waals surface area contributed by atoms with Gasteiger partial charge >= 0.3 is 6.03 Å². The highest BCUT2D eigenvalue weighted by Crippen LogP contribution is 2.38. The summed E-state index contributed by atoms with van der Waals surface area (Å²) in [6, 6.07) is 14.4. The first-order valence-corrected chi connectivity index (χ1v) is 13.5. The number of hydrogen-bond acceptors (Lipinski definition) is 8. The monoisotopic (exact) mass is 533 g/mol. The Kier molecular flexibility index (Phi) is 7.65. The summed E-state index contributed by atoms with van der Waals surface area (Å²) >= 11 is 0. The molecule has 2 N–H and O–H groups in total. The molecule has 0 atom stereocenters. The van der Waals surface area contributed by atoms with Crippen LogP contribution >= 0.6 is 0 Å². The third-order valence-electron chi connectivity index (χ3n) is 8.25. The summed E-state index contributed by atoms with van der Waals surface area (Å²) in [6.45, 7) is 5.55. The van der Waals surface area contributed by atoms with Crippen LogP contribution in [0.1, 0.15) is 18.4 Å². The largest absolute Gasteiger partial charge is 0.493 e. The third kappa shape index (κ3) is 5.38. The van der Waals surface area contributed by atoms with Crippen LogP contribution in [0.15, 0.2) is 42.5 Å². The Bertz CT molecular complexity index is 1300. The fourth-order valence-corrected chi connectivity index (χ4v) is 5.82. The number of piperazine rings is 1. The molecular formula is C29H39N7O3. The van der Waals surface area contributed by atoms with Crippen LogP contribution in [-0.4, -0.2) is 105 Å². The number of hydrogen-bond donors (Lipinski definition) is 1. The van der Waals surface area contributed by atoms with Gasteiger partial charge in [-0.2, -0.15) is 4.98 Å². The van der Waals surface area contributed by atoms with E-state index in [4.69, 9.17) is 20.2 Å². The fourth-order valence-electron chi connectivity index (χ4n) is 5.82. The SMILES string of the molecule is COc1cc2nc(N(C)CC3(c4ccccc4)CCN(C(=O)N4CCN(C)CC4)CC3)nc(N)c2cc1OC. The van der Waals surface area contributed by atoms with E-state index in [1.54, 1.807) is 14.2 Å². The van der Waals surface area contributed by atoms with E-state index in [1.165, 1.54) is 5.56 Å². The minimum atomic E-state index is -0.153. The van der Waals surface area contributed by atoms with E-state index in [1.807, 2.05) is 35.0 Å². The number of anilines is 2. The number of urea groups is 1. The first-order valence-electron chi connectivity index (χ1n) is 13.5. The van der Waals surface area contributed by atoms with Gasteiger partial charge in [0.2, 0.25) is 5.95 Å². The molecule has 0 bridgehead atoms. The Hall–Kier alpha value is -3.79. The van der Waals surface area contributed by atoms with Crippen LogP contribution in [-0.2, 0) is 5.41 Å². The van der Waals surface area contributed by atoms with Crippen molar-refractivity contribution < 1.29 is 14.3 Å². The summed E-state index contributed by atoms with van der Waals surface area (Å²) in [4.78, 5) is 31.1. The second-order valence-corrected chi connectivity index (χ2v) is 10.7. The Morgan fingerprint density at radius 3 is 2.21 bits per heavy atom. The quantitative estimate of drug-likeness (QED) is 0.516. The van der Waals surface area contributed by atoms with Gasteiger partial charge in [-0.1, -0.05) is 30.3 Å². The molecule has 1 aromatic heterocycles. The van der Waals surface area contributed by atoms with Gasteiger partial charge in [0.15, 0.2) is 11.5 Å². The molecule has 0 unspecified atom stereocenters. The number of likely N-dealkylation sites (tertiary alicyclic amines) is 1. The summed E-state index contributed by atoms with van der Waals surface area (Å²) in [5.74, 6) is 2.12. The molecule has 2 saturated heterocycles. The lowest BCUT2D eigenvalue weighted by Crippen LogP contribution is -2.56. The summed E-state index contributed by atoms with van der Waals surface area (Å²) in [5.41, 5.74) is 8.20. The number of ether oxygens (including phenoxy) is 2. The smallest absolute Gasteiger partial charge is 0.320 e. The molecule has 2 fully saturated rings. The van der Waals surface area contributed by atoms with Gasteiger partial charge in [-0.05, 0) is 31.5 Å². The Balaban J connectivity index is 1.38. The van der Waals surface area contributed by atoms with Gasteiger partial charge in [-0.25, -0.2) is 9.78 Å². The minimum absolute atomic E-state index is 0.153. The molecule has 2 aliphatic rings. The molecule has 0 aliphatic carbocycles. The third-order valence-corrected chi connectivity index (χ3v) is 8.25. The van der Waals surface area contributed by atoms with Gasteiger partial charge in [0.05, 0.1) is 19.7 Å². The van der Waals surface area contributed by atoms with Crippen molar-refractivity contribution in [2.24, 2.45) is 0 Å². The van der Waals surface area contributed by atoms with Gasteiger partial charge in [0.1, 0.15) is 5.82 Å². The average Bonchev–Trinajstić information content (AvgIpc) is 2.97. The summed E-state index contributed by atoms with van der Waals surface area (Å²) < 4.78 is 10.9. The molecule has 39 heavy (non-hydrogen) atoms. The first kappa shape index (κ1) is 26.8. The molecule has 0 saturated carbocycles. The number of carbonyl (C=O) groups is 1. The highest BCUT2D eigenvalue weighted by Gasteiger charge is 2.40. The molecule has 5 rings (SSSR count). The van der Waals surface area contributed by atoms with E-state index in [9.17, 15) is 4.79 Å². The molecule has 208 valence electrons. The zero-order valence-electron chi connectivity index (χ0n) is 23.4. The number of fused-ring (bicyclic) bond motifs is 1. The molecule has 0 spiro atoms. The molecule has 0 radical (unpaired) electrons. The van der Waals surface area contributed by atoms with E-state index >= 15 is 0 Å². The number of piperidine rings is 1. The predicted molar refractivity (Wildman–Crippen MR) is 154 cm³/mol. The molecule has 10 heteroatoms. The van der Waals surface area contributed by atoms with Gasteiger partial charge in [-0.3, -0.25) is 0 Å². The van der Waals surface area contributed by atoms with Crippen molar-refractivity contribution >= 4 is 28.7 Å². The summed E-state index contributed by atoms with van der Waals surface area (Å²) in [7, 11) is 7.31. The number of carbonyl (C=O) groups excluding carboxylic acids is 1. The minimum Gasteiger partial charge on any atom is -0.493 e. The standard InChI is InChI=1S/C29H39N7O3/c1-33-14-16-36(17-15-33)28(37)35-12-10-29(11-13-35,21-8-6-5-7-9-21)20-34(2)27-31-23-19-25(39-4)24(38-3)18-22(23)26(30)32-27/h5-9,18-19H,10-17,20H2,1-4H3,(H2,30,31,32). The molecule has 3 heterocycles. The second kappa shape index (κ2) is 11.1. The van der Waals surface area contributed by atoms with E-state index in [2.05, 4.69) is 46.1 Å². The number of benzene rings is 2. The lowest BCUT2D eigenvalue weighted by Gasteiger charge is -2.45. The molecule has 3 aromatic rings. The molecule has 2 aliphatic heterocycles. The maximum atomic E-state index is 13.3. The van der Waals surface area contributed by atoms with Crippen LogP contribution in [0, 0.1) is 0 Å². The van der Waals surface area contributed by atoms with E-state index in [0.29, 0.717) is 48.4 Å². The number of nitrogens with zero attached hydrogens (tertiary/aromatic N) is 6. The number of rotatable bonds is 6. The first-order chi connectivity index (χ1) is 18.8. The van der Waals surface area contributed by atoms with Crippen molar-refractivity contribution in [3.05, 3.63) is 48.0 Å². The normalized spacial score (nSPS) is 17.7. The number of amides is 2. The predicted octanol–water partition coefficient (Wildman–Crippen LogP) is 3.07. The molecule has 2 amide bonds. The highest BCUT2D eigenvalue weighted by molar-refractivity contribution is 5.91. The van der Waals surface area contributed by atoms with E-state index in [-0.39, 0.29) is 11.4 Å². The van der Waals surface area contributed by atoms with Crippen molar-refractivity contribution in [3.8, 4) is 11.5 Å². The van der Waals surface area contributed by atoms with Crippen molar-refractivity contribution in [1.29, 1.82) is 0 Å². The number of nitrogens with two attached hydrogens (primary N) is 1. The zero-order chi connectivity index (χ0) is 27.6. The van der Waals surface area contributed by atoms with Crippen molar-refractivity contribution in [2.75, 3.05) is 84.8 Å². The maximum absolute atomic E-state index is 13.3. The van der Waals surface area contributed by atoms with Crippen molar-refractivity contribution in [2.45, 2.75) is 18.3 Å². The number of aromatic nitrogens is 2. The van der Waals surface area contributed by atoms with Gasteiger partial charge in [0.25, 0.3) is 0 Å². The molecule has 10 nitrogen and oxygen atoms in total. The lowest BCUT2D eigenvalue weighted by molar-refractivity contribution is 0.104. The molecular weight excluding hydrogens is 494 g/mol. The Labute approximate surface area is 230 Å². The number of likely N-dealkylation sites (N-methyl/N-ethyl adjacent to an activating group) is 2. The van der Waals surface area contributed by atoms with Crippen LogP contribution in [0.25, 0.3) is 10.9 Å². The maximum Gasteiger partial charge on any atom is 0.320 e. The van der Waals surface area contributed by atoms with Crippen LogP contribution in [0.2, 0.25) is 0 Å². The van der Waals surface area contributed by atoms with Crippen molar-refractivity contribution in [1.82, 2.24) is 24.7 Å². The summed E-state index contributed by atoms with van der Waals surface area (Å²) in [5, 5.41) is 0.721. The Morgan fingerprint density at radius 1 is 0.949 bits per heavy atom. The number of methoxy groups -OCH3 is 2. The van der Waals surface area contributed by atoms with Crippen LogP contribution in [0.5, 0.6) is 11.5 Å². The molecule has 2 aromatic carbocycles. The zero-order valence-corrected chi connectivity index (χ0v) is 23.4. The van der Waals surface area contributed by atoms with Crippen molar-refractivity contribution in [3.63, 3.8) is 0 Å². The highest BCUT2D eigenvalue weighted by atomic mass is 16.5.